The molecule has 0 spiro atoms. The van der Waals surface area contributed by atoms with Crippen molar-refractivity contribution in [3.8, 4) is 5.88 Å². The van der Waals surface area contributed by atoms with Gasteiger partial charge in [-0.2, -0.15) is 0 Å². The number of hydrogen-bond donors (Lipinski definition) is 3. The molecule has 2 rings (SSSR count). The summed E-state index contributed by atoms with van der Waals surface area (Å²) in [5.74, 6) is -0.536. The zero-order valence-electron chi connectivity index (χ0n) is 7.32. The number of ketones is 1. The molecular weight excluding hydrogens is 182 g/mol. The number of aromatic nitrogens is 1. The summed E-state index contributed by atoms with van der Waals surface area (Å²) in [5.41, 5.74) is 6.39. The van der Waals surface area contributed by atoms with Gasteiger partial charge in [-0.1, -0.05) is 0 Å². The lowest BCUT2D eigenvalue weighted by Gasteiger charge is -2.19. The Hall–Kier alpha value is -1.75. The number of nitrogens with zero attached hydrogens (tertiary/aromatic N) is 1. The molecule has 1 aromatic rings. The molecule has 0 bridgehead atoms. The number of aromatic hydroxyl groups is 1. The monoisotopic (exact) mass is 191 g/mol. The average molecular weight is 191 g/mol. The molecule has 1 aliphatic rings. The lowest BCUT2D eigenvalue weighted by atomic mass is 9.90. The van der Waals surface area contributed by atoms with Gasteiger partial charge in [0.15, 0.2) is 5.78 Å². The largest absolute Gasteiger partial charge is 0.493 e. The first-order valence-corrected chi connectivity index (χ1v) is 4.17. The second kappa shape index (κ2) is 2.88. The number of fused-ring (bicyclic) bond motifs is 1. The van der Waals surface area contributed by atoms with Crippen molar-refractivity contribution in [2.45, 2.75) is 12.5 Å². The molecular formula is C9H9N3O2. The van der Waals surface area contributed by atoms with Gasteiger partial charge in [0.05, 0.1) is 6.04 Å². The second-order valence-corrected chi connectivity index (χ2v) is 3.22. The van der Waals surface area contributed by atoms with Gasteiger partial charge in [-0.05, 0) is 6.07 Å². The van der Waals surface area contributed by atoms with Gasteiger partial charge in [0.2, 0.25) is 5.88 Å². The van der Waals surface area contributed by atoms with Gasteiger partial charge in [0.1, 0.15) is 5.69 Å². The first-order chi connectivity index (χ1) is 6.59. The van der Waals surface area contributed by atoms with Crippen molar-refractivity contribution >= 4 is 11.5 Å². The van der Waals surface area contributed by atoms with E-state index in [0.717, 1.165) is 0 Å². The van der Waals surface area contributed by atoms with Gasteiger partial charge in [-0.25, -0.2) is 4.98 Å². The van der Waals surface area contributed by atoms with Crippen LogP contribution < -0.4 is 5.73 Å². The van der Waals surface area contributed by atoms with Crippen LogP contribution in [-0.2, 0) is 0 Å². The smallest absolute Gasteiger partial charge is 0.211 e. The van der Waals surface area contributed by atoms with E-state index in [-0.39, 0.29) is 23.8 Å². The number of carbonyl (C=O) groups is 1. The zero-order chi connectivity index (χ0) is 10.3. The Labute approximate surface area is 80.1 Å². The maximum atomic E-state index is 11.5. The summed E-state index contributed by atoms with van der Waals surface area (Å²) >= 11 is 0. The van der Waals surface area contributed by atoms with E-state index in [9.17, 15) is 4.79 Å². The Morgan fingerprint density at radius 2 is 2.29 bits per heavy atom. The predicted octanol–water partition coefficient (Wildman–Crippen LogP) is 0.0688. The highest BCUT2D eigenvalue weighted by Crippen LogP contribution is 2.20. The van der Waals surface area contributed by atoms with E-state index >= 15 is 0 Å². The van der Waals surface area contributed by atoms with Crippen molar-refractivity contribution in [2.75, 3.05) is 0 Å². The molecule has 4 N–H and O–H groups in total. The summed E-state index contributed by atoms with van der Waals surface area (Å²) in [6.07, 6.45) is 0.234. The van der Waals surface area contributed by atoms with Crippen LogP contribution in [0.5, 0.6) is 5.88 Å². The van der Waals surface area contributed by atoms with Crippen LogP contribution in [0.4, 0.5) is 0 Å². The Kier molecular flexibility index (Phi) is 1.82. The van der Waals surface area contributed by atoms with Crippen LogP contribution in [0.2, 0.25) is 0 Å². The van der Waals surface area contributed by atoms with E-state index in [0.29, 0.717) is 11.3 Å². The third-order valence-electron chi connectivity index (χ3n) is 2.20. The molecule has 0 saturated carbocycles. The summed E-state index contributed by atoms with van der Waals surface area (Å²) in [6.45, 7) is 0. The highest BCUT2D eigenvalue weighted by atomic mass is 16.3. The second-order valence-electron chi connectivity index (χ2n) is 3.22. The third-order valence-corrected chi connectivity index (χ3v) is 2.20. The molecule has 14 heavy (non-hydrogen) atoms. The molecule has 0 radical (unpaired) electrons. The summed E-state index contributed by atoms with van der Waals surface area (Å²) in [6, 6.07) is 2.17. The fraction of sp³-hybridized carbons (Fsp3) is 0.222. The lowest BCUT2D eigenvalue weighted by Crippen LogP contribution is -2.38. The summed E-state index contributed by atoms with van der Waals surface area (Å²) in [4.78, 5) is 15.2. The first-order valence-electron chi connectivity index (χ1n) is 4.17. The molecule has 0 fully saturated rings. The van der Waals surface area contributed by atoms with Crippen molar-refractivity contribution in [1.29, 1.82) is 5.41 Å². The Bertz CT molecular complexity index is 428. The topological polar surface area (TPSA) is 100 Å². The number of pyridine rings is 1. The minimum atomic E-state index is -0.704. The maximum Gasteiger partial charge on any atom is 0.211 e. The Morgan fingerprint density at radius 1 is 1.57 bits per heavy atom. The van der Waals surface area contributed by atoms with E-state index in [1.807, 2.05) is 0 Å². The van der Waals surface area contributed by atoms with Crippen LogP contribution in [0, 0.1) is 5.41 Å². The molecule has 72 valence electrons. The van der Waals surface area contributed by atoms with Crippen LogP contribution in [0.25, 0.3) is 0 Å². The number of carbonyl (C=O) groups excluding carboxylic acids is 1. The van der Waals surface area contributed by atoms with Gasteiger partial charge in [0, 0.05) is 23.8 Å². The molecule has 5 nitrogen and oxygen atoms in total. The highest BCUT2D eigenvalue weighted by Gasteiger charge is 2.29. The van der Waals surface area contributed by atoms with E-state index in [4.69, 9.17) is 16.2 Å². The van der Waals surface area contributed by atoms with Crippen molar-refractivity contribution in [3.05, 3.63) is 23.4 Å². The van der Waals surface area contributed by atoms with Gasteiger partial charge in [0.25, 0.3) is 0 Å². The lowest BCUT2D eigenvalue weighted by molar-refractivity contribution is 0.0954. The molecule has 0 amide bonds. The molecule has 0 saturated heterocycles. The molecule has 1 aliphatic carbocycles. The minimum Gasteiger partial charge on any atom is -0.493 e. The fourth-order valence-corrected chi connectivity index (χ4v) is 1.48. The average Bonchev–Trinajstić information content (AvgIpc) is 2.14. The van der Waals surface area contributed by atoms with Crippen LogP contribution in [0.15, 0.2) is 12.1 Å². The number of hydrogen-bond acceptors (Lipinski definition) is 5. The number of nitrogens with two attached hydrogens (primary N) is 1. The van der Waals surface area contributed by atoms with Gasteiger partial charge in [-0.15, -0.1) is 0 Å². The van der Waals surface area contributed by atoms with Crippen molar-refractivity contribution in [3.63, 3.8) is 0 Å². The normalized spacial score (nSPS) is 20.8. The minimum absolute atomic E-state index is 0.105. The van der Waals surface area contributed by atoms with Crippen molar-refractivity contribution in [2.24, 2.45) is 5.73 Å². The summed E-state index contributed by atoms with van der Waals surface area (Å²) < 4.78 is 0. The number of rotatable bonds is 0. The standard InChI is InChI=1S/C9H9N3O2/c10-5-3-6(11)9(14)8-4(5)1-2-7(13)12-8/h1-2,6,10H,3,11H2,(H,12,13). The molecule has 1 atom stereocenters. The third kappa shape index (κ3) is 1.18. The van der Waals surface area contributed by atoms with Crippen LogP contribution in [0.1, 0.15) is 22.5 Å². The highest BCUT2D eigenvalue weighted by molar-refractivity contribution is 6.16. The molecule has 0 aromatic carbocycles. The number of Topliss-reactive ketones (excluding diaryl/α,β-unsaturated/α-hetero) is 1. The Morgan fingerprint density at radius 3 is 3.00 bits per heavy atom. The van der Waals surface area contributed by atoms with Gasteiger partial charge < -0.3 is 16.2 Å². The molecule has 1 aromatic heterocycles. The van der Waals surface area contributed by atoms with Gasteiger partial charge >= 0.3 is 0 Å². The van der Waals surface area contributed by atoms with Crippen molar-refractivity contribution < 1.29 is 9.90 Å². The quantitative estimate of drug-likeness (QED) is 0.540. The zero-order valence-corrected chi connectivity index (χ0v) is 7.32. The van der Waals surface area contributed by atoms with E-state index < -0.39 is 6.04 Å². The molecule has 1 heterocycles. The molecule has 0 aliphatic heterocycles. The fourth-order valence-electron chi connectivity index (χ4n) is 1.48. The molecule has 5 heteroatoms. The maximum absolute atomic E-state index is 11.5. The van der Waals surface area contributed by atoms with Crippen LogP contribution >= 0.6 is 0 Å². The SMILES string of the molecule is N=C1CC(N)C(=O)c2nc(O)ccc21. The predicted molar refractivity (Wildman–Crippen MR) is 49.7 cm³/mol. The van der Waals surface area contributed by atoms with Gasteiger partial charge in [-0.3, -0.25) is 4.79 Å². The van der Waals surface area contributed by atoms with Crippen LogP contribution in [0.3, 0.4) is 0 Å². The van der Waals surface area contributed by atoms with E-state index in [1.54, 1.807) is 0 Å². The Balaban J connectivity index is 2.62. The first kappa shape index (κ1) is 8.83. The summed E-state index contributed by atoms with van der Waals surface area (Å²) in [7, 11) is 0. The van der Waals surface area contributed by atoms with Crippen LogP contribution in [-0.4, -0.2) is 27.6 Å². The summed E-state index contributed by atoms with van der Waals surface area (Å²) in [5, 5.41) is 16.7. The van der Waals surface area contributed by atoms with E-state index in [2.05, 4.69) is 4.98 Å². The van der Waals surface area contributed by atoms with E-state index in [1.165, 1.54) is 12.1 Å². The molecule has 1 unspecified atom stereocenters. The van der Waals surface area contributed by atoms with Crippen molar-refractivity contribution in [1.82, 2.24) is 4.98 Å². The number of nitrogens with one attached hydrogen (secondary N) is 1.